The van der Waals surface area contributed by atoms with Gasteiger partial charge >= 0.3 is 0 Å². The zero-order valence-corrected chi connectivity index (χ0v) is 10.7. The minimum Gasteiger partial charge on any atom is -0.384 e. The summed E-state index contributed by atoms with van der Waals surface area (Å²) >= 11 is 0. The molecule has 0 spiro atoms. The Bertz CT molecular complexity index is 665. The van der Waals surface area contributed by atoms with E-state index in [-0.39, 0.29) is 11.7 Å². The molecule has 2 N–H and O–H groups in total. The highest BCUT2D eigenvalue weighted by Crippen LogP contribution is 2.21. The van der Waals surface area contributed by atoms with Gasteiger partial charge in [-0.25, -0.2) is 13.4 Å². The smallest absolute Gasteiger partial charge is 0.276 e. The highest BCUT2D eigenvalue weighted by Gasteiger charge is 2.23. The minimum atomic E-state index is -3.26. The standard InChI is InChI=1S/C10H12N4O3S/c1-6(18(2,15)16)9-13-10(17-14-9)7-4-3-5-8(11)12-7/h3-6H,1-2H3,(H2,11,12). The van der Waals surface area contributed by atoms with Crippen molar-refractivity contribution in [2.75, 3.05) is 12.0 Å². The third-order valence-electron chi connectivity index (χ3n) is 2.44. The monoisotopic (exact) mass is 268 g/mol. The Labute approximate surface area is 104 Å². The second-order valence-corrected chi connectivity index (χ2v) is 6.24. The predicted octanol–water partition coefficient (Wildman–Crippen LogP) is 0.819. The number of anilines is 1. The summed E-state index contributed by atoms with van der Waals surface area (Å²) in [7, 11) is -3.26. The highest BCUT2D eigenvalue weighted by molar-refractivity contribution is 7.90. The summed E-state index contributed by atoms with van der Waals surface area (Å²) < 4.78 is 27.7. The van der Waals surface area contributed by atoms with Gasteiger partial charge in [-0.3, -0.25) is 0 Å². The van der Waals surface area contributed by atoms with Gasteiger partial charge in [0.1, 0.15) is 16.8 Å². The number of aromatic nitrogens is 3. The molecule has 0 saturated carbocycles. The maximum Gasteiger partial charge on any atom is 0.276 e. The van der Waals surface area contributed by atoms with Crippen molar-refractivity contribution < 1.29 is 12.9 Å². The van der Waals surface area contributed by atoms with Crippen molar-refractivity contribution in [1.82, 2.24) is 15.1 Å². The molecule has 0 amide bonds. The maximum atomic E-state index is 11.4. The van der Waals surface area contributed by atoms with Crippen molar-refractivity contribution in [3.05, 3.63) is 24.0 Å². The summed E-state index contributed by atoms with van der Waals surface area (Å²) in [6, 6.07) is 4.97. The molecule has 0 fully saturated rings. The summed E-state index contributed by atoms with van der Waals surface area (Å²) in [5.41, 5.74) is 5.95. The lowest BCUT2D eigenvalue weighted by Gasteiger charge is -2.01. The molecule has 1 unspecified atom stereocenters. The van der Waals surface area contributed by atoms with Crippen LogP contribution < -0.4 is 5.73 Å². The van der Waals surface area contributed by atoms with Crippen LogP contribution in [0.25, 0.3) is 11.6 Å². The highest BCUT2D eigenvalue weighted by atomic mass is 32.2. The summed E-state index contributed by atoms with van der Waals surface area (Å²) in [6.07, 6.45) is 1.12. The van der Waals surface area contributed by atoms with Crippen LogP contribution in [0.4, 0.5) is 5.82 Å². The molecule has 7 nitrogen and oxygen atoms in total. The molecule has 8 heteroatoms. The van der Waals surface area contributed by atoms with Crippen LogP contribution in [-0.2, 0) is 9.84 Å². The molecule has 0 radical (unpaired) electrons. The van der Waals surface area contributed by atoms with E-state index in [1.54, 1.807) is 18.2 Å². The van der Waals surface area contributed by atoms with Gasteiger partial charge in [-0.15, -0.1) is 0 Å². The van der Waals surface area contributed by atoms with E-state index in [1.807, 2.05) is 0 Å². The van der Waals surface area contributed by atoms with Gasteiger partial charge in [0, 0.05) is 6.26 Å². The van der Waals surface area contributed by atoms with Crippen LogP contribution in [0.5, 0.6) is 0 Å². The van der Waals surface area contributed by atoms with Gasteiger partial charge in [0.05, 0.1) is 0 Å². The summed E-state index contributed by atoms with van der Waals surface area (Å²) in [5.74, 6) is 0.577. The molecule has 0 aromatic carbocycles. The first kappa shape index (κ1) is 12.5. The van der Waals surface area contributed by atoms with E-state index in [4.69, 9.17) is 10.3 Å². The Morgan fingerprint density at radius 2 is 2.06 bits per heavy atom. The Morgan fingerprint density at radius 3 is 2.67 bits per heavy atom. The van der Waals surface area contributed by atoms with E-state index in [0.717, 1.165) is 6.26 Å². The van der Waals surface area contributed by atoms with Crippen LogP contribution in [-0.4, -0.2) is 29.8 Å². The molecule has 0 aliphatic carbocycles. The van der Waals surface area contributed by atoms with Gasteiger partial charge in [-0.05, 0) is 19.1 Å². The quantitative estimate of drug-likeness (QED) is 0.876. The predicted molar refractivity (Wildman–Crippen MR) is 65.2 cm³/mol. The lowest BCUT2D eigenvalue weighted by Crippen LogP contribution is -2.09. The van der Waals surface area contributed by atoms with Crippen molar-refractivity contribution in [2.45, 2.75) is 12.2 Å². The number of pyridine rings is 1. The first-order valence-electron chi connectivity index (χ1n) is 5.13. The van der Waals surface area contributed by atoms with Crippen molar-refractivity contribution in [3.63, 3.8) is 0 Å². The maximum absolute atomic E-state index is 11.4. The molecule has 0 bridgehead atoms. The van der Waals surface area contributed by atoms with E-state index in [9.17, 15) is 8.42 Å². The van der Waals surface area contributed by atoms with Crippen molar-refractivity contribution in [3.8, 4) is 11.6 Å². The molecule has 2 rings (SSSR count). The van der Waals surface area contributed by atoms with Crippen molar-refractivity contribution in [2.24, 2.45) is 0 Å². The van der Waals surface area contributed by atoms with Crippen LogP contribution in [0, 0.1) is 0 Å². The van der Waals surface area contributed by atoms with Gasteiger partial charge in [0.2, 0.25) is 0 Å². The second-order valence-electron chi connectivity index (χ2n) is 3.88. The Hall–Kier alpha value is -1.96. The topological polar surface area (TPSA) is 112 Å². The third-order valence-corrected chi connectivity index (χ3v) is 3.93. The number of hydrogen-bond donors (Lipinski definition) is 1. The second kappa shape index (κ2) is 4.37. The fraction of sp³-hybridized carbons (Fsp3) is 0.300. The largest absolute Gasteiger partial charge is 0.384 e. The van der Waals surface area contributed by atoms with E-state index < -0.39 is 15.1 Å². The van der Waals surface area contributed by atoms with E-state index >= 15 is 0 Å². The normalized spacial score (nSPS) is 13.4. The van der Waals surface area contributed by atoms with Gasteiger partial charge in [0.25, 0.3) is 5.89 Å². The molecule has 1 atom stereocenters. The SMILES string of the molecule is CC(c1noc(-c2cccc(N)n2)n1)S(C)(=O)=O. The number of sulfone groups is 1. The fourth-order valence-electron chi connectivity index (χ4n) is 1.27. The van der Waals surface area contributed by atoms with Gasteiger partial charge in [-0.2, -0.15) is 4.98 Å². The lowest BCUT2D eigenvalue weighted by atomic mass is 10.3. The number of nitrogens with zero attached hydrogens (tertiary/aromatic N) is 3. The fourth-order valence-corrected chi connectivity index (χ4v) is 1.74. The molecular formula is C10H12N4O3S. The number of hydrogen-bond acceptors (Lipinski definition) is 7. The molecule has 18 heavy (non-hydrogen) atoms. The molecule has 2 heterocycles. The van der Waals surface area contributed by atoms with Crippen LogP contribution in [0.2, 0.25) is 0 Å². The summed E-state index contributed by atoms with van der Waals surface area (Å²) in [5, 5.41) is 2.82. The number of nitrogen functional groups attached to an aromatic ring is 1. The Morgan fingerprint density at radius 1 is 1.33 bits per heavy atom. The van der Waals surface area contributed by atoms with Crippen molar-refractivity contribution >= 4 is 15.7 Å². The van der Waals surface area contributed by atoms with Gasteiger partial charge in [-0.1, -0.05) is 11.2 Å². The molecule has 0 aliphatic rings. The van der Waals surface area contributed by atoms with Crippen LogP contribution >= 0.6 is 0 Å². The Balaban J connectivity index is 2.37. The average molecular weight is 268 g/mol. The molecule has 96 valence electrons. The zero-order valence-electron chi connectivity index (χ0n) is 9.86. The zero-order chi connectivity index (χ0) is 13.3. The van der Waals surface area contributed by atoms with Crippen molar-refractivity contribution in [1.29, 1.82) is 0 Å². The first-order valence-corrected chi connectivity index (χ1v) is 7.09. The van der Waals surface area contributed by atoms with Crippen LogP contribution in [0.3, 0.4) is 0 Å². The summed E-state index contributed by atoms with van der Waals surface area (Å²) in [6.45, 7) is 1.50. The third kappa shape index (κ3) is 2.48. The molecular weight excluding hydrogens is 256 g/mol. The molecule has 2 aromatic rings. The minimum absolute atomic E-state index is 0.108. The van der Waals surface area contributed by atoms with Gasteiger partial charge in [0.15, 0.2) is 15.7 Å². The first-order chi connectivity index (χ1) is 8.38. The summed E-state index contributed by atoms with van der Waals surface area (Å²) in [4.78, 5) is 8.02. The molecule has 0 saturated heterocycles. The average Bonchev–Trinajstić information content (AvgIpc) is 2.75. The van der Waals surface area contributed by atoms with E-state index in [0.29, 0.717) is 11.5 Å². The lowest BCUT2D eigenvalue weighted by molar-refractivity contribution is 0.420. The van der Waals surface area contributed by atoms with Crippen LogP contribution in [0.1, 0.15) is 18.0 Å². The number of rotatable bonds is 3. The van der Waals surface area contributed by atoms with Crippen LogP contribution in [0.15, 0.2) is 22.7 Å². The molecule has 0 aliphatic heterocycles. The Kier molecular flexibility index (Phi) is 3.04. The molecule has 2 aromatic heterocycles. The van der Waals surface area contributed by atoms with Gasteiger partial charge < -0.3 is 10.3 Å². The number of nitrogens with two attached hydrogens (primary N) is 1. The van der Waals surface area contributed by atoms with E-state index in [1.165, 1.54) is 6.92 Å². The van der Waals surface area contributed by atoms with E-state index in [2.05, 4.69) is 15.1 Å².